The molecule has 3 N–H and O–H groups in total. The van der Waals surface area contributed by atoms with Gasteiger partial charge in [0.2, 0.25) is 0 Å². The van der Waals surface area contributed by atoms with E-state index in [0.717, 1.165) is 12.5 Å². The number of hydrogen-bond donors (Lipinski definition) is 3. The lowest BCUT2D eigenvalue weighted by Gasteiger charge is -2.08. The number of carboxylic acid groups (broad SMARTS) is 1. The van der Waals surface area contributed by atoms with Crippen molar-refractivity contribution in [2.75, 3.05) is 13.2 Å². The molecule has 0 aliphatic rings. The van der Waals surface area contributed by atoms with Crippen LogP contribution in [-0.4, -0.2) is 29.3 Å². The molecule has 0 saturated heterocycles. The standard InChI is InChI=1S/C8H15NO3/c1-7(3-5-10)6-9-4-2-8(11)12/h2,4,7,9-10H,3,5-6H2,1H3,(H,11,12)/b4-2+. The van der Waals surface area contributed by atoms with Crippen molar-refractivity contribution >= 4 is 5.97 Å². The molecule has 0 amide bonds. The van der Waals surface area contributed by atoms with Gasteiger partial charge in [0.25, 0.3) is 0 Å². The van der Waals surface area contributed by atoms with Gasteiger partial charge in [0.1, 0.15) is 0 Å². The fraction of sp³-hybridized carbons (Fsp3) is 0.625. The van der Waals surface area contributed by atoms with Crippen LogP contribution in [0.5, 0.6) is 0 Å². The van der Waals surface area contributed by atoms with E-state index in [1.807, 2.05) is 6.92 Å². The second-order valence-electron chi connectivity index (χ2n) is 2.70. The minimum Gasteiger partial charge on any atom is -0.478 e. The van der Waals surface area contributed by atoms with E-state index in [9.17, 15) is 4.79 Å². The van der Waals surface area contributed by atoms with Gasteiger partial charge in [0.05, 0.1) is 0 Å². The molecule has 0 rings (SSSR count). The molecule has 70 valence electrons. The largest absolute Gasteiger partial charge is 0.478 e. The zero-order chi connectivity index (χ0) is 9.40. The van der Waals surface area contributed by atoms with E-state index in [1.54, 1.807) is 0 Å². The number of carboxylic acids is 1. The van der Waals surface area contributed by atoms with Crippen molar-refractivity contribution in [3.63, 3.8) is 0 Å². The molecule has 0 fully saturated rings. The number of aliphatic hydroxyl groups is 1. The van der Waals surface area contributed by atoms with Crippen LogP contribution in [0.4, 0.5) is 0 Å². The van der Waals surface area contributed by atoms with E-state index in [1.165, 1.54) is 6.20 Å². The summed E-state index contributed by atoms with van der Waals surface area (Å²) in [7, 11) is 0. The van der Waals surface area contributed by atoms with Crippen molar-refractivity contribution < 1.29 is 15.0 Å². The highest BCUT2D eigenvalue weighted by atomic mass is 16.4. The van der Waals surface area contributed by atoms with Gasteiger partial charge in [-0.2, -0.15) is 0 Å². The van der Waals surface area contributed by atoms with Gasteiger partial charge in [-0.25, -0.2) is 4.79 Å². The molecule has 4 nitrogen and oxygen atoms in total. The third-order valence-electron chi connectivity index (χ3n) is 1.43. The number of carbonyl (C=O) groups is 1. The van der Waals surface area contributed by atoms with Gasteiger partial charge in [0, 0.05) is 25.4 Å². The summed E-state index contributed by atoms with van der Waals surface area (Å²) >= 11 is 0. The molecule has 0 aliphatic carbocycles. The quantitative estimate of drug-likeness (QED) is 0.502. The first-order chi connectivity index (χ1) is 5.66. The molecule has 0 bridgehead atoms. The predicted molar refractivity (Wildman–Crippen MR) is 45.6 cm³/mol. The van der Waals surface area contributed by atoms with Gasteiger partial charge in [-0.3, -0.25) is 0 Å². The van der Waals surface area contributed by atoms with Gasteiger partial charge in [-0.15, -0.1) is 0 Å². The van der Waals surface area contributed by atoms with Crippen molar-refractivity contribution in [1.29, 1.82) is 0 Å². The zero-order valence-corrected chi connectivity index (χ0v) is 7.16. The Morgan fingerprint density at radius 3 is 2.83 bits per heavy atom. The number of nitrogens with one attached hydrogen (secondary N) is 1. The number of hydrogen-bond acceptors (Lipinski definition) is 3. The number of aliphatic carboxylic acids is 1. The lowest BCUT2D eigenvalue weighted by atomic mass is 10.1. The van der Waals surface area contributed by atoms with Gasteiger partial charge >= 0.3 is 5.97 Å². The predicted octanol–water partition coefficient (Wildman–Crippen LogP) is 0.193. The maximum Gasteiger partial charge on any atom is 0.329 e. The fourth-order valence-electron chi connectivity index (χ4n) is 0.722. The Morgan fingerprint density at radius 1 is 1.67 bits per heavy atom. The van der Waals surface area contributed by atoms with Crippen LogP contribution in [0, 0.1) is 5.92 Å². The third-order valence-corrected chi connectivity index (χ3v) is 1.43. The van der Waals surface area contributed by atoms with Crippen molar-refractivity contribution in [2.45, 2.75) is 13.3 Å². The summed E-state index contributed by atoms with van der Waals surface area (Å²) < 4.78 is 0. The minimum atomic E-state index is -0.961. The lowest BCUT2D eigenvalue weighted by molar-refractivity contribution is -0.131. The van der Waals surface area contributed by atoms with Crippen molar-refractivity contribution in [2.24, 2.45) is 5.92 Å². The summed E-state index contributed by atoms with van der Waals surface area (Å²) in [5, 5.41) is 19.6. The molecular formula is C8H15NO3. The number of aliphatic hydroxyl groups excluding tert-OH is 1. The molecule has 0 radical (unpaired) electrons. The van der Waals surface area contributed by atoms with Crippen molar-refractivity contribution in [1.82, 2.24) is 5.32 Å². The Hall–Kier alpha value is -1.03. The summed E-state index contributed by atoms with van der Waals surface area (Å²) in [6, 6.07) is 0. The van der Waals surface area contributed by atoms with E-state index >= 15 is 0 Å². The average Bonchev–Trinajstić information content (AvgIpc) is 1.98. The van der Waals surface area contributed by atoms with Gasteiger partial charge in [-0.05, 0) is 12.3 Å². The molecule has 0 saturated carbocycles. The van der Waals surface area contributed by atoms with Crippen LogP contribution in [0.2, 0.25) is 0 Å². The van der Waals surface area contributed by atoms with Crippen LogP contribution in [0.3, 0.4) is 0 Å². The minimum absolute atomic E-state index is 0.172. The molecule has 1 unspecified atom stereocenters. The molecule has 0 aliphatic heterocycles. The van der Waals surface area contributed by atoms with Crippen LogP contribution in [-0.2, 0) is 4.79 Å². The summed E-state index contributed by atoms with van der Waals surface area (Å²) in [6.07, 6.45) is 3.18. The summed E-state index contributed by atoms with van der Waals surface area (Å²) in [6.45, 7) is 2.84. The maximum atomic E-state index is 10.0. The Labute approximate surface area is 71.9 Å². The maximum absolute atomic E-state index is 10.0. The highest BCUT2D eigenvalue weighted by Gasteiger charge is 1.97. The molecule has 0 spiro atoms. The second-order valence-corrected chi connectivity index (χ2v) is 2.70. The summed E-state index contributed by atoms with van der Waals surface area (Å²) in [5.74, 6) is -0.606. The molecule has 1 atom stereocenters. The van der Waals surface area contributed by atoms with Crippen molar-refractivity contribution in [3.05, 3.63) is 12.3 Å². The van der Waals surface area contributed by atoms with Gasteiger partial charge in [-0.1, -0.05) is 6.92 Å². The Morgan fingerprint density at radius 2 is 2.33 bits per heavy atom. The van der Waals surface area contributed by atoms with Crippen LogP contribution < -0.4 is 5.32 Å². The molecule has 0 aromatic heterocycles. The molecule has 0 aromatic rings. The highest BCUT2D eigenvalue weighted by Crippen LogP contribution is 1.97. The fourth-order valence-corrected chi connectivity index (χ4v) is 0.722. The van der Waals surface area contributed by atoms with Gasteiger partial charge in [0.15, 0.2) is 0 Å². The second kappa shape index (κ2) is 6.67. The third kappa shape index (κ3) is 7.08. The Balaban J connectivity index is 3.36. The van der Waals surface area contributed by atoms with E-state index < -0.39 is 5.97 Å². The normalized spacial score (nSPS) is 13.2. The van der Waals surface area contributed by atoms with E-state index in [2.05, 4.69) is 5.32 Å². The first-order valence-electron chi connectivity index (χ1n) is 3.90. The number of rotatable bonds is 6. The highest BCUT2D eigenvalue weighted by molar-refractivity contribution is 5.79. The molecule has 12 heavy (non-hydrogen) atoms. The molecule has 0 aromatic carbocycles. The van der Waals surface area contributed by atoms with E-state index in [0.29, 0.717) is 12.5 Å². The van der Waals surface area contributed by atoms with Crippen LogP contribution in [0.25, 0.3) is 0 Å². The van der Waals surface area contributed by atoms with Crippen molar-refractivity contribution in [3.8, 4) is 0 Å². The Kier molecular flexibility index (Phi) is 6.09. The topological polar surface area (TPSA) is 69.6 Å². The van der Waals surface area contributed by atoms with Crippen LogP contribution >= 0.6 is 0 Å². The van der Waals surface area contributed by atoms with Gasteiger partial charge < -0.3 is 15.5 Å². The Bertz CT molecular complexity index is 156. The van der Waals surface area contributed by atoms with Crippen LogP contribution in [0.15, 0.2) is 12.3 Å². The first-order valence-corrected chi connectivity index (χ1v) is 3.90. The molecule has 4 heteroatoms. The zero-order valence-electron chi connectivity index (χ0n) is 7.16. The first kappa shape index (κ1) is 11.0. The van der Waals surface area contributed by atoms with Crippen LogP contribution in [0.1, 0.15) is 13.3 Å². The molecular weight excluding hydrogens is 158 g/mol. The average molecular weight is 173 g/mol. The SMILES string of the molecule is CC(CCO)CN/C=C/C(=O)O. The monoisotopic (exact) mass is 173 g/mol. The summed E-state index contributed by atoms with van der Waals surface area (Å²) in [4.78, 5) is 10.0. The lowest BCUT2D eigenvalue weighted by Crippen LogP contribution is -2.16. The summed E-state index contributed by atoms with van der Waals surface area (Å²) in [5.41, 5.74) is 0. The van der Waals surface area contributed by atoms with E-state index in [4.69, 9.17) is 10.2 Å². The molecule has 0 heterocycles. The van der Waals surface area contributed by atoms with E-state index in [-0.39, 0.29) is 6.61 Å². The smallest absolute Gasteiger partial charge is 0.329 e.